The van der Waals surface area contributed by atoms with E-state index in [0.717, 1.165) is 31.4 Å². The second kappa shape index (κ2) is 8.22. The van der Waals surface area contributed by atoms with Crippen LogP contribution in [0.1, 0.15) is 25.7 Å². The number of unbranched alkanes of at least 4 members (excludes halogenated alkanes) is 3. The van der Waals surface area contributed by atoms with E-state index in [1.54, 1.807) is 6.07 Å². The first-order valence-corrected chi connectivity index (χ1v) is 6.13. The molecular formula is C13H20N2O3. The molecular weight excluding hydrogens is 232 g/mol. The van der Waals surface area contributed by atoms with E-state index in [9.17, 15) is 4.79 Å². The van der Waals surface area contributed by atoms with Gasteiger partial charge in [-0.3, -0.25) is 0 Å². The van der Waals surface area contributed by atoms with Gasteiger partial charge in [0.05, 0.1) is 6.61 Å². The van der Waals surface area contributed by atoms with Gasteiger partial charge < -0.3 is 20.9 Å². The van der Waals surface area contributed by atoms with Crippen molar-refractivity contribution >= 4 is 11.8 Å². The highest BCUT2D eigenvalue weighted by molar-refractivity contribution is 5.64. The number of anilines is 1. The first-order chi connectivity index (χ1) is 8.68. The van der Waals surface area contributed by atoms with Gasteiger partial charge in [0.1, 0.15) is 5.75 Å². The van der Waals surface area contributed by atoms with Crippen molar-refractivity contribution in [2.24, 2.45) is 0 Å². The maximum Gasteiger partial charge on any atom is 0.404 e. The zero-order valence-electron chi connectivity index (χ0n) is 10.4. The van der Waals surface area contributed by atoms with Crippen molar-refractivity contribution in [1.29, 1.82) is 0 Å². The lowest BCUT2D eigenvalue weighted by Crippen LogP contribution is -2.21. The number of nitrogens with one attached hydrogen (secondary N) is 1. The molecule has 0 aliphatic rings. The van der Waals surface area contributed by atoms with Gasteiger partial charge in [0, 0.05) is 18.3 Å². The Kier molecular flexibility index (Phi) is 6.46. The maximum atomic E-state index is 10.2. The number of rotatable bonds is 8. The fourth-order valence-electron chi connectivity index (χ4n) is 1.57. The van der Waals surface area contributed by atoms with Crippen LogP contribution in [0, 0.1) is 0 Å². The van der Waals surface area contributed by atoms with Crippen LogP contribution in [0.3, 0.4) is 0 Å². The largest absolute Gasteiger partial charge is 0.494 e. The molecule has 5 nitrogen and oxygen atoms in total. The highest BCUT2D eigenvalue weighted by Crippen LogP contribution is 2.14. The van der Waals surface area contributed by atoms with Crippen LogP contribution in [-0.4, -0.2) is 24.4 Å². The van der Waals surface area contributed by atoms with Gasteiger partial charge in [0.2, 0.25) is 0 Å². The van der Waals surface area contributed by atoms with Gasteiger partial charge >= 0.3 is 6.09 Å². The van der Waals surface area contributed by atoms with Crippen LogP contribution in [0.5, 0.6) is 5.75 Å². The van der Waals surface area contributed by atoms with Gasteiger partial charge in [-0.15, -0.1) is 0 Å². The van der Waals surface area contributed by atoms with Gasteiger partial charge in [-0.1, -0.05) is 18.9 Å². The fraction of sp³-hybridized carbons (Fsp3) is 0.462. The molecule has 100 valence electrons. The molecule has 1 amide bonds. The molecule has 0 aliphatic carbocycles. The van der Waals surface area contributed by atoms with Gasteiger partial charge in [0.25, 0.3) is 0 Å². The minimum absolute atomic E-state index is 0.519. The van der Waals surface area contributed by atoms with E-state index in [-0.39, 0.29) is 0 Å². The molecule has 1 rings (SSSR count). The summed E-state index contributed by atoms with van der Waals surface area (Å²) in [7, 11) is 0. The Morgan fingerprint density at radius 3 is 2.78 bits per heavy atom. The lowest BCUT2D eigenvalue weighted by Gasteiger charge is -2.06. The summed E-state index contributed by atoms with van der Waals surface area (Å²) in [5.74, 6) is 0.794. The van der Waals surface area contributed by atoms with Crippen LogP contribution in [0.2, 0.25) is 0 Å². The Morgan fingerprint density at radius 2 is 2.06 bits per heavy atom. The SMILES string of the molecule is Nc1cccc(OCCCCCCNC(=O)O)c1. The quantitative estimate of drug-likeness (QED) is 0.490. The number of ether oxygens (including phenoxy) is 1. The summed E-state index contributed by atoms with van der Waals surface area (Å²) >= 11 is 0. The normalized spacial score (nSPS) is 10.0. The van der Waals surface area contributed by atoms with Crippen molar-refractivity contribution in [3.63, 3.8) is 0 Å². The summed E-state index contributed by atoms with van der Waals surface area (Å²) < 4.78 is 5.54. The summed E-state index contributed by atoms with van der Waals surface area (Å²) in [6, 6.07) is 7.37. The minimum Gasteiger partial charge on any atom is -0.494 e. The molecule has 0 atom stereocenters. The second-order valence-electron chi connectivity index (χ2n) is 4.07. The van der Waals surface area contributed by atoms with E-state index in [4.69, 9.17) is 15.6 Å². The minimum atomic E-state index is -0.958. The van der Waals surface area contributed by atoms with E-state index in [2.05, 4.69) is 5.32 Å². The molecule has 4 N–H and O–H groups in total. The van der Waals surface area contributed by atoms with Crippen LogP contribution in [0.25, 0.3) is 0 Å². The van der Waals surface area contributed by atoms with Crippen molar-refractivity contribution < 1.29 is 14.6 Å². The van der Waals surface area contributed by atoms with E-state index in [1.165, 1.54) is 0 Å². The number of nitrogen functional groups attached to an aromatic ring is 1. The maximum absolute atomic E-state index is 10.2. The molecule has 0 saturated heterocycles. The van der Waals surface area contributed by atoms with Crippen molar-refractivity contribution in [2.45, 2.75) is 25.7 Å². The molecule has 5 heteroatoms. The Hall–Kier alpha value is -1.91. The lowest BCUT2D eigenvalue weighted by molar-refractivity contribution is 0.194. The van der Waals surface area contributed by atoms with Crippen LogP contribution < -0.4 is 15.8 Å². The molecule has 18 heavy (non-hydrogen) atoms. The third-order valence-electron chi connectivity index (χ3n) is 2.47. The predicted molar refractivity (Wildman–Crippen MR) is 70.8 cm³/mol. The molecule has 0 aliphatic heterocycles. The molecule has 0 bridgehead atoms. The summed E-state index contributed by atoms with van der Waals surface area (Å²) in [6.45, 7) is 1.18. The summed E-state index contributed by atoms with van der Waals surface area (Å²) in [5, 5.41) is 10.7. The molecule has 0 saturated carbocycles. The third kappa shape index (κ3) is 6.62. The molecule has 0 radical (unpaired) electrons. The van der Waals surface area contributed by atoms with Gasteiger partial charge in [-0.05, 0) is 25.0 Å². The summed E-state index contributed by atoms with van der Waals surface area (Å²) in [5.41, 5.74) is 6.33. The van der Waals surface area contributed by atoms with Gasteiger partial charge in [-0.2, -0.15) is 0 Å². The average molecular weight is 252 g/mol. The van der Waals surface area contributed by atoms with Crippen LogP contribution in [0.4, 0.5) is 10.5 Å². The Morgan fingerprint density at radius 1 is 1.28 bits per heavy atom. The van der Waals surface area contributed by atoms with Crippen LogP contribution in [0.15, 0.2) is 24.3 Å². The smallest absolute Gasteiger partial charge is 0.404 e. The second-order valence-corrected chi connectivity index (χ2v) is 4.07. The summed E-state index contributed by atoms with van der Waals surface area (Å²) in [6.07, 6.45) is 2.90. The van der Waals surface area contributed by atoms with Crippen LogP contribution in [-0.2, 0) is 0 Å². The molecule has 0 heterocycles. The molecule has 0 unspecified atom stereocenters. The zero-order chi connectivity index (χ0) is 13.2. The number of benzene rings is 1. The van der Waals surface area contributed by atoms with Crippen molar-refractivity contribution in [1.82, 2.24) is 5.32 Å². The third-order valence-corrected chi connectivity index (χ3v) is 2.47. The van der Waals surface area contributed by atoms with Gasteiger partial charge in [0.15, 0.2) is 0 Å². The average Bonchev–Trinajstić information content (AvgIpc) is 2.32. The van der Waals surface area contributed by atoms with Gasteiger partial charge in [-0.25, -0.2) is 4.79 Å². The Labute approximate surface area is 107 Å². The molecule has 1 aromatic rings. The summed E-state index contributed by atoms with van der Waals surface area (Å²) in [4.78, 5) is 10.2. The number of hydrogen-bond acceptors (Lipinski definition) is 3. The number of carboxylic acid groups (broad SMARTS) is 1. The predicted octanol–water partition coefficient (Wildman–Crippen LogP) is 2.48. The fourth-order valence-corrected chi connectivity index (χ4v) is 1.57. The van der Waals surface area contributed by atoms with E-state index in [1.807, 2.05) is 18.2 Å². The zero-order valence-corrected chi connectivity index (χ0v) is 10.4. The molecule has 0 aromatic heterocycles. The highest BCUT2D eigenvalue weighted by atomic mass is 16.5. The molecule has 1 aromatic carbocycles. The first-order valence-electron chi connectivity index (χ1n) is 6.13. The first kappa shape index (κ1) is 14.2. The van der Waals surface area contributed by atoms with Crippen LogP contribution >= 0.6 is 0 Å². The van der Waals surface area contributed by atoms with E-state index < -0.39 is 6.09 Å². The Bertz CT molecular complexity index is 369. The number of carbonyl (C=O) groups is 1. The number of nitrogens with two attached hydrogens (primary N) is 1. The van der Waals surface area contributed by atoms with Crippen molar-refractivity contribution in [2.75, 3.05) is 18.9 Å². The van der Waals surface area contributed by atoms with E-state index in [0.29, 0.717) is 18.8 Å². The lowest BCUT2D eigenvalue weighted by atomic mass is 10.2. The molecule has 0 fully saturated rings. The number of hydrogen-bond donors (Lipinski definition) is 3. The van der Waals surface area contributed by atoms with E-state index >= 15 is 0 Å². The Balaban J connectivity index is 1.97. The monoisotopic (exact) mass is 252 g/mol. The molecule has 0 spiro atoms. The standard InChI is InChI=1S/C13H20N2O3/c14-11-6-5-7-12(10-11)18-9-4-2-1-3-8-15-13(16)17/h5-7,10,15H,1-4,8-9,14H2,(H,16,17). The van der Waals surface area contributed by atoms with Crippen molar-refractivity contribution in [3.8, 4) is 5.75 Å². The number of amides is 1. The van der Waals surface area contributed by atoms with Crippen molar-refractivity contribution in [3.05, 3.63) is 24.3 Å². The highest BCUT2D eigenvalue weighted by Gasteiger charge is 1.96. The topological polar surface area (TPSA) is 84.6 Å².